The van der Waals surface area contributed by atoms with Gasteiger partial charge < -0.3 is 0 Å². The fourth-order valence-corrected chi connectivity index (χ4v) is 2.02. The van der Waals surface area contributed by atoms with Gasteiger partial charge in [0.15, 0.2) is 0 Å². The molecule has 0 amide bonds. The molecular formula is C11H16F3N3. The van der Waals surface area contributed by atoms with Gasteiger partial charge in [-0.1, -0.05) is 0 Å². The Kier molecular flexibility index (Phi) is 2.72. The first-order chi connectivity index (χ1) is 7.77. The van der Waals surface area contributed by atoms with E-state index in [2.05, 4.69) is 10.4 Å². The van der Waals surface area contributed by atoms with E-state index in [-0.39, 0.29) is 19.4 Å². The van der Waals surface area contributed by atoms with Crippen molar-refractivity contribution in [3.05, 3.63) is 17.0 Å². The van der Waals surface area contributed by atoms with E-state index in [1.54, 1.807) is 11.7 Å². The second kappa shape index (κ2) is 3.73. The minimum absolute atomic E-state index is 0.175. The lowest BCUT2D eigenvalue weighted by Crippen LogP contribution is -2.44. The first-order valence-electron chi connectivity index (χ1n) is 5.58. The molecule has 0 atom stereocenters. The van der Waals surface area contributed by atoms with Crippen molar-refractivity contribution in [1.29, 1.82) is 0 Å². The van der Waals surface area contributed by atoms with Crippen LogP contribution in [0.4, 0.5) is 13.2 Å². The molecule has 0 unspecified atom stereocenters. The minimum Gasteiger partial charge on any atom is -0.299 e. The number of halogens is 3. The van der Waals surface area contributed by atoms with Gasteiger partial charge in [-0.15, -0.1) is 0 Å². The van der Waals surface area contributed by atoms with Crippen molar-refractivity contribution in [2.24, 2.45) is 7.05 Å². The molecule has 1 aliphatic carbocycles. The van der Waals surface area contributed by atoms with E-state index in [1.165, 1.54) is 0 Å². The van der Waals surface area contributed by atoms with Crippen molar-refractivity contribution in [2.45, 2.75) is 44.9 Å². The average Bonchev–Trinajstić information content (AvgIpc) is 2.93. The number of aryl methyl sites for hydroxylation is 2. The normalized spacial score (nSPS) is 18.5. The molecule has 1 N–H and O–H groups in total. The Bertz CT molecular complexity index is 430. The molecule has 3 nitrogen and oxygen atoms in total. The summed E-state index contributed by atoms with van der Waals surface area (Å²) in [4.78, 5) is 0. The van der Waals surface area contributed by atoms with Gasteiger partial charge in [-0.25, -0.2) is 0 Å². The van der Waals surface area contributed by atoms with Gasteiger partial charge in [0.05, 0.1) is 5.69 Å². The molecule has 0 aromatic carbocycles. The highest BCUT2D eigenvalue weighted by molar-refractivity contribution is 5.25. The van der Waals surface area contributed by atoms with E-state index in [1.807, 2.05) is 13.8 Å². The lowest BCUT2D eigenvalue weighted by atomic mass is 10.1. The van der Waals surface area contributed by atoms with Crippen LogP contribution in [0.5, 0.6) is 0 Å². The van der Waals surface area contributed by atoms with E-state index in [0.29, 0.717) is 0 Å². The highest BCUT2D eigenvalue weighted by Gasteiger charge is 2.63. The molecule has 17 heavy (non-hydrogen) atoms. The lowest BCUT2D eigenvalue weighted by molar-refractivity contribution is -0.166. The molecule has 0 aliphatic heterocycles. The summed E-state index contributed by atoms with van der Waals surface area (Å²) in [5, 5.41) is 6.83. The van der Waals surface area contributed by atoms with Crippen molar-refractivity contribution < 1.29 is 13.2 Å². The van der Waals surface area contributed by atoms with Crippen LogP contribution in [0.3, 0.4) is 0 Å². The summed E-state index contributed by atoms with van der Waals surface area (Å²) >= 11 is 0. The van der Waals surface area contributed by atoms with Crippen LogP contribution in [0.25, 0.3) is 0 Å². The monoisotopic (exact) mass is 247 g/mol. The Morgan fingerprint density at radius 1 is 1.35 bits per heavy atom. The van der Waals surface area contributed by atoms with E-state index in [9.17, 15) is 13.2 Å². The number of rotatable bonds is 3. The smallest absolute Gasteiger partial charge is 0.299 e. The summed E-state index contributed by atoms with van der Waals surface area (Å²) in [7, 11) is 1.79. The zero-order valence-corrected chi connectivity index (χ0v) is 10.1. The first-order valence-corrected chi connectivity index (χ1v) is 5.58. The van der Waals surface area contributed by atoms with E-state index >= 15 is 0 Å². The molecule has 6 heteroatoms. The van der Waals surface area contributed by atoms with Crippen LogP contribution in [-0.2, 0) is 13.6 Å². The van der Waals surface area contributed by atoms with Gasteiger partial charge >= 0.3 is 6.18 Å². The zero-order valence-electron chi connectivity index (χ0n) is 10.1. The number of alkyl halides is 3. The second-order valence-electron chi connectivity index (χ2n) is 4.71. The Labute approximate surface area is 98.0 Å². The van der Waals surface area contributed by atoms with Crippen molar-refractivity contribution in [3.8, 4) is 0 Å². The number of nitrogens with zero attached hydrogens (tertiary/aromatic N) is 2. The number of hydrogen-bond donors (Lipinski definition) is 1. The van der Waals surface area contributed by atoms with Gasteiger partial charge in [0.25, 0.3) is 0 Å². The lowest BCUT2D eigenvalue weighted by Gasteiger charge is -2.20. The minimum atomic E-state index is -4.16. The van der Waals surface area contributed by atoms with Crippen LogP contribution in [0.1, 0.15) is 29.8 Å². The third kappa shape index (κ3) is 2.06. The molecule has 1 saturated carbocycles. The fourth-order valence-electron chi connectivity index (χ4n) is 2.02. The molecular weight excluding hydrogens is 231 g/mol. The SMILES string of the molecule is Cc1nn(C)c(C)c1CNC1(C(F)(F)F)CC1. The van der Waals surface area contributed by atoms with Crippen molar-refractivity contribution >= 4 is 0 Å². The van der Waals surface area contributed by atoms with E-state index in [4.69, 9.17) is 0 Å². The molecule has 1 fully saturated rings. The summed E-state index contributed by atoms with van der Waals surface area (Å²) in [6.45, 7) is 3.91. The maximum absolute atomic E-state index is 12.7. The van der Waals surface area contributed by atoms with Crippen molar-refractivity contribution in [2.75, 3.05) is 0 Å². The quantitative estimate of drug-likeness (QED) is 0.887. The Morgan fingerprint density at radius 3 is 2.29 bits per heavy atom. The predicted molar refractivity (Wildman–Crippen MR) is 57.5 cm³/mol. The molecule has 0 saturated heterocycles. The molecule has 1 heterocycles. The fraction of sp³-hybridized carbons (Fsp3) is 0.727. The van der Waals surface area contributed by atoms with Gasteiger partial charge in [-0.3, -0.25) is 10.00 Å². The van der Waals surface area contributed by atoms with Crippen LogP contribution >= 0.6 is 0 Å². The summed E-state index contributed by atoms with van der Waals surface area (Å²) in [5.41, 5.74) is 0.910. The molecule has 0 spiro atoms. The van der Waals surface area contributed by atoms with Crippen LogP contribution in [0.2, 0.25) is 0 Å². The maximum Gasteiger partial charge on any atom is 0.406 e. The zero-order chi connectivity index (χ0) is 12.8. The van der Waals surface area contributed by atoms with Crippen LogP contribution in [0.15, 0.2) is 0 Å². The van der Waals surface area contributed by atoms with Crippen LogP contribution in [-0.4, -0.2) is 21.5 Å². The van der Waals surface area contributed by atoms with Gasteiger partial charge in [0.1, 0.15) is 5.54 Å². The van der Waals surface area contributed by atoms with Gasteiger partial charge in [0, 0.05) is 24.8 Å². The van der Waals surface area contributed by atoms with Crippen LogP contribution < -0.4 is 5.32 Å². The molecule has 1 aliphatic rings. The Morgan fingerprint density at radius 2 is 1.94 bits per heavy atom. The van der Waals surface area contributed by atoms with Gasteiger partial charge in [-0.2, -0.15) is 18.3 Å². The number of nitrogens with one attached hydrogen (secondary N) is 1. The third-order valence-corrected chi connectivity index (χ3v) is 3.56. The Hall–Kier alpha value is -1.04. The van der Waals surface area contributed by atoms with Gasteiger partial charge in [-0.05, 0) is 26.7 Å². The number of aromatic nitrogens is 2. The highest BCUT2D eigenvalue weighted by atomic mass is 19.4. The molecule has 96 valence electrons. The van der Waals surface area contributed by atoms with Crippen molar-refractivity contribution in [1.82, 2.24) is 15.1 Å². The van der Waals surface area contributed by atoms with E-state index in [0.717, 1.165) is 17.0 Å². The van der Waals surface area contributed by atoms with E-state index < -0.39 is 11.7 Å². The number of hydrogen-bond acceptors (Lipinski definition) is 2. The standard InChI is InChI=1S/C11H16F3N3/c1-7-9(8(2)17(3)16-7)6-15-10(4-5-10)11(12,13)14/h15H,4-6H2,1-3H3. The first kappa shape index (κ1) is 12.4. The topological polar surface area (TPSA) is 29.9 Å². The predicted octanol–water partition coefficient (Wildman–Crippen LogP) is 2.22. The largest absolute Gasteiger partial charge is 0.406 e. The van der Waals surface area contributed by atoms with Crippen molar-refractivity contribution in [3.63, 3.8) is 0 Å². The summed E-state index contributed by atoms with van der Waals surface area (Å²) in [6, 6.07) is 0. The second-order valence-corrected chi connectivity index (χ2v) is 4.71. The summed E-state index contributed by atoms with van der Waals surface area (Å²) in [6.07, 6.45) is -3.80. The molecule has 1 aromatic rings. The molecule has 0 bridgehead atoms. The van der Waals surface area contributed by atoms with Crippen LogP contribution in [0, 0.1) is 13.8 Å². The summed E-state index contributed by atoms with van der Waals surface area (Å²) < 4.78 is 39.9. The average molecular weight is 247 g/mol. The molecule has 1 aromatic heterocycles. The summed E-state index contributed by atoms with van der Waals surface area (Å²) in [5.74, 6) is 0. The Balaban J connectivity index is 2.09. The maximum atomic E-state index is 12.7. The molecule has 2 rings (SSSR count). The van der Waals surface area contributed by atoms with Gasteiger partial charge in [0.2, 0.25) is 0 Å². The molecule has 0 radical (unpaired) electrons. The third-order valence-electron chi connectivity index (χ3n) is 3.56. The highest BCUT2D eigenvalue weighted by Crippen LogP contribution is 2.49.